The molecule has 0 bridgehead atoms. The van der Waals surface area contributed by atoms with E-state index in [2.05, 4.69) is 15.3 Å². The fourth-order valence-corrected chi connectivity index (χ4v) is 2.86. The molecule has 1 aliphatic rings. The Labute approximate surface area is 134 Å². The summed E-state index contributed by atoms with van der Waals surface area (Å²) >= 11 is 6.09. The van der Waals surface area contributed by atoms with Crippen molar-refractivity contribution in [1.29, 1.82) is 0 Å². The number of alkyl halides is 3. The van der Waals surface area contributed by atoms with Crippen LogP contribution in [0, 0.1) is 0 Å². The monoisotopic (exact) mass is 343 g/mol. The van der Waals surface area contributed by atoms with Crippen molar-refractivity contribution >= 4 is 17.4 Å². The number of anilines is 1. The molecule has 0 unspecified atom stereocenters. The number of nitrogens with one attached hydrogen (secondary N) is 2. The number of aromatic nitrogens is 2. The van der Waals surface area contributed by atoms with Gasteiger partial charge in [-0.15, -0.1) is 0 Å². The van der Waals surface area contributed by atoms with Crippen LogP contribution in [-0.4, -0.2) is 16.5 Å². The summed E-state index contributed by atoms with van der Waals surface area (Å²) in [5, 5.41) is 3.19. The second-order valence-electron chi connectivity index (χ2n) is 5.32. The summed E-state index contributed by atoms with van der Waals surface area (Å²) in [6.45, 7) is 0.666. The Balaban J connectivity index is 2.23. The van der Waals surface area contributed by atoms with Gasteiger partial charge in [-0.2, -0.15) is 18.2 Å². The molecular formula is C15H13ClF3N3O. The lowest BCUT2D eigenvalue weighted by atomic mass is 10.0. The smallest absolute Gasteiger partial charge is 0.370 e. The molecule has 0 radical (unpaired) electrons. The van der Waals surface area contributed by atoms with Crippen molar-refractivity contribution in [2.24, 2.45) is 0 Å². The van der Waals surface area contributed by atoms with Crippen LogP contribution in [0.3, 0.4) is 0 Å². The quantitative estimate of drug-likeness (QED) is 0.826. The molecule has 2 heterocycles. The summed E-state index contributed by atoms with van der Waals surface area (Å²) in [5.74, 6) is 0.412. The van der Waals surface area contributed by atoms with Gasteiger partial charge in [0.05, 0.1) is 11.3 Å². The zero-order valence-corrected chi connectivity index (χ0v) is 12.7. The molecule has 1 aromatic heterocycles. The molecule has 2 aromatic rings. The predicted molar refractivity (Wildman–Crippen MR) is 81.7 cm³/mol. The van der Waals surface area contributed by atoms with Crippen molar-refractivity contribution in [3.63, 3.8) is 0 Å². The topological polar surface area (TPSA) is 57.8 Å². The number of H-pyrrole nitrogens is 1. The van der Waals surface area contributed by atoms with Gasteiger partial charge < -0.3 is 10.3 Å². The number of halogens is 4. The van der Waals surface area contributed by atoms with Crippen molar-refractivity contribution in [3.8, 4) is 11.3 Å². The molecule has 0 saturated carbocycles. The summed E-state index contributed by atoms with van der Waals surface area (Å²) in [6.07, 6.45) is -2.15. The lowest BCUT2D eigenvalue weighted by molar-refractivity contribution is -0.137. The standard InChI is InChI=1S/C15H13ClF3N3O/c16-11-5-4-8(15(17,18)19)7-10(11)12-9-3-1-2-6-20-13(9)22-14(23)21-12/h4-5,7H,1-3,6H2,(H2,20,21,22,23). The lowest BCUT2D eigenvalue weighted by Crippen LogP contribution is -2.17. The van der Waals surface area contributed by atoms with Crippen LogP contribution in [0.2, 0.25) is 5.02 Å². The fraction of sp³-hybridized carbons (Fsp3) is 0.333. The first-order valence-corrected chi connectivity index (χ1v) is 7.48. The van der Waals surface area contributed by atoms with Crippen LogP contribution in [-0.2, 0) is 12.6 Å². The highest BCUT2D eigenvalue weighted by Gasteiger charge is 2.31. The molecule has 0 aliphatic carbocycles. The number of rotatable bonds is 1. The predicted octanol–water partition coefficient (Wildman–Crippen LogP) is 3.86. The lowest BCUT2D eigenvalue weighted by Gasteiger charge is -2.15. The molecule has 3 rings (SSSR count). The van der Waals surface area contributed by atoms with Crippen LogP contribution in [0.5, 0.6) is 0 Å². The van der Waals surface area contributed by atoms with Gasteiger partial charge in [-0.1, -0.05) is 11.6 Å². The van der Waals surface area contributed by atoms with E-state index < -0.39 is 17.4 Å². The average Bonchev–Trinajstić information content (AvgIpc) is 2.71. The van der Waals surface area contributed by atoms with Crippen molar-refractivity contribution in [2.45, 2.75) is 25.4 Å². The van der Waals surface area contributed by atoms with Crippen molar-refractivity contribution in [1.82, 2.24) is 9.97 Å². The maximum Gasteiger partial charge on any atom is 0.416 e. The number of hydrogen-bond acceptors (Lipinski definition) is 3. The highest BCUT2D eigenvalue weighted by atomic mass is 35.5. The van der Waals surface area contributed by atoms with E-state index in [1.165, 1.54) is 6.07 Å². The second kappa shape index (κ2) is 5.88. The minimum Gasteiger partial charge on any atom is -0.370 e. The fourth-order valence-electron chi connectivity index (χ4n) is 2.64. The van der Waals surface area contributed by atoms with Gasteiger partial charge in [-0.05, 0) is 37.5 Å². The van der Waals surface area contributed by atoms with Crippen LogP contribution >= 0.6 is 11.6 Å². The van der Waals surface area contributed by atoms with E-state index in [9.17, 15) is 18.0 Å². The first kappa shape index (κ1) is 15.9. The van der Waals surface area contributed by atoms with E-state index in [4.69, 9.17) is 11.6 Å². The van der Waals surface area contributed by atoms with E-state index in [1.54, 1.807) is 0 Å². The Kier molecular flexibility index (Phi) is 4.06. The van der Waals surface area contributed by atoms with Gasteiger partial charge in [0, 0.05) is 22.7 Å². The number of benzene rings is 1. The molecule has 1 aliphatic heterocycles. The number of hydrogen-bond donors (Lipinski definition) is 2. The third kappa shape index (κ3) is 3.19. The van der Waals surface area contributed by atoms with Crippen LogP contribution in [0.25, 0.3) is 11.3 Å². The van der Waals surface area contributed by atoms with Crippen LogP contribution in [0.15, 0.2) is 23.0 Å². The zero-order chi connectivity index (χ0) is 16.6. The van der Waals surface area contributed by atoms with Crippen LogP contribution < -0.4 is 11.0 Å². The second-order valence-corrected chi connectivity index (χ2v) is 5.73. The Morgan fingerprint density at radius 2 is 2.00 bits per heavy atom. The molecule has 0 amide bonds. The number of nitrogens with zero attached hydrogens (tertiary/aromatic N) is 1. The molecule has 2 N–H and O–H groups in total. The van der Waals surface area contributed by atoms with Gasteiger partial charge in [0.1, 0.15) is 5.82 Å². The Morgan fingerprint density at radius 1 is 1.22 bits per heavy atom. The SMILES string of the molecule is O=c1nc2c(c(-c3cc(C(F)(F)F)ccc3Cl)[nH]1)CCCCN2. The highest BCUT2D eigenvalue weighted by molar-refractivity contribution is 6.33. The summed E-state index contributed by atoms with van der Waals surface area (Å²) in [5.41, 5.74) is -0.304. The zero-order valence-electron chi connectivity index (χ0n) is 11.9. The van der Waals surface area contributed by atoms with E-state index in [0.29, 0.717) is 30.0 Å². The van der Waals surface area contributed by atoms with Gasteiger partial charge in [-0.3, -0.25) is 0 Å². The number of fused-ring (bicyclic) bond motifs is 1. The Hall–Kier alpha value is -2.02. The van der Waals surface area contributed by atoms with Gasteiger partial charge in [0.25, 0.3) is 0 Å². The highest BCUT2D eigenvalue weighted by Crippen LogP contribution is 2.37. The summed E-state index contributed by atoms with van der Waals surface area (Å²) < 4.78 is 38.9. The molecule has 4 nitrogen and oxygen atoms in total. The van der Waals surface area contributed by atoms with E-state index >= 15 is 0 Å². The maximum absolute atomic E-state index is 13.0. The van der Waals surface area contributed by atoms with Crippen molar-refractivity contribution in [2.75, 3.05) is 11.9 Å². The molecule has 1 aromatic carbocycles. The van der Waals surface area contributed by atoms with E-state index in [1.807, 2.05) is 0 Å². The van der Waals surface area contributed by atoms with Gasteiger partial charge >= 0.3 is 11.9 Å². The summed E-state index contributed by atoms with van der Waals surface area (Å²) in [7, 11) is 0. The van der Waals surface area contributed by atoms with E-state index in [0.717, 1.165) is 25.0 Å². The maximum atomic E-state index is 13.0. The number of aromatic amines is 1. The molecular weight excluding hydrogens is 331 g/mol. The summed E-state index contributed by atoms with van der Waals surface area (Å²) in [4.78, 5) is 18.2. The van der Waals surface area contributed by atoms with Gasteiger partial charge in [0.15, 0.2) is 0 Å². The minimum atomic E-state index is -4.48. The molecule has 0 atom stereocenters. The molecule has 0 saturated heterocycles. The van der Waals surface area contributed by atoms with Crippen molar-refractivity contribution in [3.05, 3.63) is 44.8 Å². The van der Waals surface area contributed by atoms with E-state index in [-0.39, 0.29) is 10.6 Å². The molecule has 23 heavy (non-hydrogen) atoms. The van der Waals surface area contributed by atoms with Gasteiger partial charge in [0.2, 0.25) is 0 Å². The van der Waals surface area contributed by atoms with Gasteiger partial charge in [-0.25, -0.2) is 4.79 Å². The minimum absolute atomic E-state index is 0.145. The first-order chi connectivity index (χ1) is 10.9. The Bertz CT molecular complexity index is 802. The van der Waals surface area contributed by atoms with Crippen molar-refractivity contribution < 1.29 is 13.2 Å². The average molecular weight is 344 g/mol. The largest absolute Gasteiger partial charge is 0.416 e. The normalized spacial score (nSPS) is 14.8. The van der Waals surface area contributed by atoms with Crippen LogP contribution in [0.1, 0.15) is 24.0 Å². The first-order valence-electron chi connectivity index (χ1n) is 7.10. The Morgan fingerprint density at radius 3 is 2.74 bits per heavy atom. The molecule has 0 fully saturated rings. The third-order valence-corrected chi connectivity index (χ3v) is 4.07. The third-order valence-electron chi connectivity index (χ3n) is 3.74. The van der Waals surface area contributed by atoms with Crippen LogP contribution in [0.4, 0.5) is 19.0 Å². The molecule has 0 spiro atoms. The molecule has 8 heteroatoms. The summed E-state index contributed by atoms with van der Waals surface area (Å²) in [6, 6.07) is 3.07. The molecule has 122 valence electrons.